The zero-order valence-corrected chi connectivity index (χ0v) is 11.7. The molecule has 0 saturated carbocycles. The van der Waals surface area contributed by atoms with Gasteiger partial charge < -0.3 is 4.98 Å². The summed E-state index contributed by atoms with van der Waals surface area (Å²) in [6, 6.07) is 14.5. The van der Waals surface area contributed by atoms with Crippen molar-refractivity contribution < 1.29 is 0 Å². The third-order valence-electron chi connectivity index (χ3n) is 3.37. The Kier molecular flexibility index (Phi) is 2.95. The van der Waals surface area contributed by atoms with Crippen LogP contribution in [-0.4, -0.2) is 14.5 Å². The number of aromatic amines is 1. The minimum absolute atomic E-state index is 0.164. The van der Waals surface area contributed by atoms with Crippen molar-refractivity contribution in [2.24, 2.45) is 0 Å². The first-order chi connectivity index (χ1) is 9.16. The SMILES string of the molecule is Cc1ccc2[nH]c(=S)n(C(C)c3ccccc3)c2n1. The molecule has 0 aliphatic carbocycles. The maximum absolute atomic E-state index is 5.44. The van der Waals surface area contributed by atoms with Gasteiger partial charge in [-0.2, -0.15) is 0 Å². The van der Waals surface area contributed by atoms with E-state index in [4.69, 9.17) is 12.2 Å². The summed E-state index contributed by atoms with van der Waals surface area (Å²) in [5, 5.41) is 0. The molecule has 3 nitrogen and oxygen atoms in total. The fourth-order valence-electron chi connectivity index (χ4n) is 2.34. The van der Waals surface area contributed by atoms with Crippen molar-refractivity contribution >= 4 is 23.4 Å². The molecule has 3 rings (SSSR count). The second-order valence-electron chi connectivity index (χ2n) is 4.71. The molecule has 1 aromatic carbocycles. The number of nitrogens with zero attached hydrogens (tertiary/aromatic N) is 2. The lowest BCUT2D eigenvalue weighted by atomic mass is 10.1. The first-order valence-corrected chi connectivity index (χ1v) is 6.70. The molecule has 0 radical (unpaired) electrons. The zero-order valence-electron chi connectivity index (χ0n) is 10.9. The van der Waals surface area contributed by atoms with E-state index in [1.54, 1.807) is 0 Å². The van der Waals surface area contributed by atoms with Gasteiger partial charge in [-0.25, -0.2) is 4.98 Å². The van der Waals surface area contributed by atoms with Crippen LogP contribution in [0.1, 0.15) is 24.2 Å². The number of nitrogens with one attached hydrogen (secondary N) is 1. The van der Waals surface area contributed by atoms with Gasteiger partial charge in [-0.3, -0.25) is 4.57 Å². The summed E-state index contributed by atoms with van der Waals surface area (Å²) >= 11 is 5.44. The largest absolute Gasteiger partial charge is 0.329 e. The van der Waals surface area contributed by atoms with E-state index in [-0.39, 0.29) is 6.04 Å². The van der Waals surface area contributed by atoms with E-state index in [0.29, 0.717) is 4.77 Å². The topological polar surface area (TPSA) is 33.6 Å². The minimum atomic E-state index is 0.164. The Bertz CT molecular complexity index is 771. The van der Waals surface area contributed by atoms with Crippen molar-refractivity contribution in [2.45, 2.75) is 19.9 Å². The quantitative estimate of drug-likeness (QED) is 0.713. The van der Waals surface area contributed by atoms with Crippen LogP contribution >= 0.6 is 12.2 Å². The maximum atomic E-state index is 5.44. The molecule has 0 aliphatic rings. The van der Waals surface area contributed by atoms with E-state index in [0.717, 1.165) is 16.9 Å². The second-order valence-corrected chi connectivity index (χ2v) is 5.10. The van der Waals surface area contributed by atoms with Gasteiger partial charge in [-0.15, -0.1) is 0 Å². The molecule has 3 aromatic rings. The molecular formula is C15H15N3S. The fourth-order valence-corrected chi connectivity index (χ4v) is 2.69. The number of rotatable bonds is 2. The molecule has 19 heavy (non-hydrogen) atoms. The Morgan fingerprint density at radius 1 is 1.16 bits per heavy atom. The molecule has 2 heterocycles. The summed E-state index contributed by atoms with van der Waals surface area (Å²) in [4.78, 5) is 7.83. The molecule has 96 valence electrons. The predicted octanol–water partition coefficient (Wildman–Crippen LogP) is 4.01. The van der Waals surface area contributed by atoms with Gasteiger partial charge in [0.25, 0.3) is 0 Å². The third-order valence-corrected chi connectivity index (χ3v) is 3.67. The van der Waals surface area contributed by atoms with E-state index >= 15 is 0 Å². The van der Waals surface area contributed by atoms with Gasteiger partial charge in [0.2, 0.25) is 0 Å². The number of H-pyrrole nitrogens is 1. The van der Waals surface area contributed by atoms with Crippen LogP contribution in [0.25, 0.3) is 11.2 Å². The highest BCUT2D eigenvalue weighted by Gasteiger charge is 2.13. The van der Waals surface area contributed by atoms with Gasteiger partial charge in [-0.1, -0.05) is 30.3 Å². The third kappa shape index (κ3) is 2.08. The predicted molar refractivity (Wildman–Crippen MR) is 79.9 cm³/mol. The van der Waals surface area contributed by atoms with Gasteiger partial charge in [0.1, 0.15) is 0 Å². The van der Waals surface area contributed by atoms with Crippen LogP contribution < -0.4 is 0 Å². The highest BCUT2D eigenvalue weighted by Crippen LogP contribution is 2.23. The number of aryl methyl sites for hydroxylation is 1. The summed E-state index contributed by atoms with van der Waals surface area (Å²) in [6.07, 6.45) is 0. The van der Waals surface area contributed by atoms with Crippen LogP contribution in [-0.2, 0) is 0 Å². The van der Waals surface area contributed by atoms with Crippen LogP contribution in [0, 0.1) is 11.7 Å². The normalized spacial score (nSPS) is 12.7. The highest BCUT2D eigenvalue weighted by atomic mass is 32.1. The summed E-state index contributed by atoms with van der Waals surface area (Å²) in [5.74, 6) is 0. The van der Waals surface area contributed by atoms with E-state index in [1.807, 2.05) is 37.3 Å². The molecule has 2 aromatic heterocycles. The molecule has 1 atom stereocenters. The number of imidazole rings is 1. The van der Waals surface area contributed by atoms with Gasteiger partial charge in [-0.05, 0) is 43.8 Å². The molecule has 0 spiro atoms. The van der Waals surface area contributed by atoms with Gasteiger partial charge in [0.15, 0.2) is 10.4 Å². The zero-order chi connectivity index (χ0) is 13.4. The molecule has 0 amide bonds. The first-order valence-electron chi connectivity index (χ1n) is 6.29. The van der Waals surface area contributed by atoms with Gasteiger partial charge >= 0.3 is 0 Å². The van der Waals surface area contributed by atoms with Crippen molar-refractivity contribution in [1.82, 2.24) is 14.5 Å². The average molecular weight is 269 g/mol. The molecule has 0 bridgehead atoms. The van der Waals surface area contributed by atoms with Gasteiger partial charge in [0.05, 0.1) is 11.6 Å². The molecular weight excluding hydrogens is 254 g/mol. The lowest BCUT2D eigenvalue weighted by Crippen LogP contribution is -2.07. The van der Waals surface area contributed by atoms with Crippen LogP contribution in [0.15, 0.2) is 42.5 Å². The van der Waals surface area contributed by atoms with Crippen LogP contribution in [0.3, 0.4) is 0 Å². The standard InChI is InChI=1S/C15H15N3S/c1-10-8-9-13-14(16-10)18(15(19)17-13)11(2)12-6-4-3-5-7-12/h3-9,11H,1-2H3,(H,17,19). The van der Waals surface area contributed by atoms with Crippen molar-refractivity contribution in [3.8, 4) is 0 Å². The van der Waals surface area contributed by atoms with Crippen molar-refractivity contribution in [3.63, 3.8) is 0 Å². The molecule has 0 aliphatic heterocycles. The highest BCUT2D eigenvalue weighted by molar-refractivity contribution is 7.71. The van der Waals surface area contributed by atoms with Crippen LogP contribution in [0.2, 0.25) is 0 Å². The van der Waals surface area contributed by atoms with Crippen LogP contribution in [0.4, 0.5) is 0 Å². The van der Waals surface area contributed by atoms with E-state index in [2.05, 4.69) is 33.6 Å². The molecule has 4 heteroatoms. The smallest absolute Gasteiger partial charge is 0.179 e. The lowest BCUT2D eigenvalue weighted by Gasteiger charge is -2.14. The van der Waals surface area contributed by atoms with E-state index in [1.165, 1.54) is 5.56 Å². The number of fused-ring (bicyclic) bond motifs is 1. The summed E-state index contributed by atoms with van der Waals surface area (Å²) in [6.45, 7) is 4.13. The molecule has 1 N–H and O–H groups in total. The van der Waals surface area contributed by atoms with Crippen molar-refractivity contribution in [2.75, 3.05) is 0 Å². The van der Waals surface area contributed by atoms with Gasteiger partial charge in [0, 0.05) is 5.69 Å². The number of aromatic nitrogens is 3. The molecule has 1 unspecified atom stereocenters. The number of pyridine rings is 1. The molecule has 0 saturated heterocycles. The van der Waals surface area contributed by atoms with Crippen LogP contribution in [0.5, 0.6) is 0 Å². The van der Waals surface area contributed by atoms with E-state index in [9.17, 15) is 0 Å². The molecule has 0 fully saturated rings. The average Bonchev–Trinajstić information content (AvgIpc) is 2.74. The summed E-state index contributed by atoms with van der Waals surface area (Å²) < 4.78 is 2.79. The Morgan fingerprint density at radius 2 is 1.89 bits per heavy atom. The van der Waals surface area contributed by atoms with Crippen molar-refractivity contribution in [3.05, 3.63) is 58.5 Å². The monoisotopic (exact) mass is 269 g/mol. The fraction of sp³-hybridized carbons (Fsp3) is 0.200. The second kappa shape index (κ2) is 4.63. The first kappa shape index (κ1) is 12.1. The van der Waals surface area contributed by atoms with E-state index < -0.39 is 0 Å². The maximum Gasteiger partial charge on any atom is 0.179 e. The number of benzene rings is 1. The Hall–Kier alpha value is -1.94. The Balaban J connectivity index is 2.22. The Labute approximate surface area is 116 Å². The minimum Gasteiger partial charge on any atom is -0.329 e. The number of hydrogen-bond acceptors (Lipinski definition) is 2. The van der Waals surface area contributed by atoms with Crippen molar-refractivity contribution in [1.29, 1.82) is 0 Å². The summed E-state index contributed by atoms with van der Waals surface area (Å²) in [7, 11) is 0. The number of hydrogen-bond donors (Lipinski definition) is 1. The summed E-state index contributed by atoms with van der Waals surface area (Å²) in [5.41, 5.74) is 4.12. The Morgan fingerprint density at radius 3 is 2.63 bits per heavy atom. The lowest BCUT2D eigenvalue weighted by molar-refractivity contribution is 0.643.